The summed E-state index contributed by atoms with van der Waals surface area (Å²) < 4.78 is 11.5. The molecule has 3 nitrogen and oxygen atoms in total. The van der Waals surface area contributed by atoms with Gasteiger partial charge in [0.15, 0.2) is 11.5 Å². The SMILES string of the molecule is Cc1c(C2CCNC2)ccc2c1OCCCO2. The van der Waals surface area contributed by atoms with E-state index in [1.54, 1.807) is 0 Å². The van der Waals surface area contributed by atoms with Crippen LogP contribution in [0.1, 0.15) is 29.9 Å². The molecule has 0 aliphatic carbocycles. The molecule has 0 radical (unpaired) electrons. The fraction of sp³-hybridized carbons (Fsp3) is 0.571. The number of benzene rings is 1. The van der Waals surface area contributed by atoms with Gasteiger partial charge in [-0.3, -0.25) is 0 Å². The van der Waals surface area contributed by atoms with Crippen LogP contribution < -0.4 is 14.8 Å². The molecule has 17 heavy (non-hydrogen) atoms. The maximum absolute atomic E-state index is 5.83. The first-order valence-corrected chi connectivity index (χ1v) is 6.46. The zero-order chi connectivity index (χ0) is 11.7. The van der Waals surface area contributed by atoms with Gasteiger partial charge in [0.1, 0.15) is 0 Å². The van der Waals surface area contributed by atoms with Crippen molar-refractivity contribution in [3.8, 4) is 11.5 Å². The van der Waals surface area contributed by atoms with E-state index in [1.807, 2.05) is 0 Å². The van der Waals surface area contributed by atoms with E-state index in [0.717, 1.165) is 44.2 Å². The molecule has 3 heteroatoms. The number of nitrogens with one attached hydrogen (secondary N) is 1. The molecule has 92 valence electrons. The second-order valence-corrected chi connectivity index (χ2v) is 4.85. The van der Waals surface area contributed by atoms with Gasteiger partial charge in [0.05, 0.1) is 13.2 Å². The number of rotatable bonds is 1. The molecule has 0 saturated carbocycles. The van der Waals surface area contributed by atoms with Crippen LogP contribution in [0.15, 0.2) is 12.1 Å². The Kier molecular flexibility index (Phi) is 2.93. The summed E-state index contributed by atoms with van der Waals surface area (Å²) in [6.07, 6.45) is 2.19. The normalized spacial score (nSPS) is 23.5. The van der Waals surface area contributed by atoms with E-state index in [2.05, 4.69) is 24.4 Å². The summed E-state index contributed by atoms with van der Waals surface area (Å²) in [7, 11) is 0. The van der Waals surface area contributed by atoms with Gasteiger partial charge in [0, 0.05) is 13.0 Å². The second-order valence-electron chi connectivity index (χ2n) is 4.85. The summed E-state index contributed by atoms with van der Waals surface area (Å²) >= 11 is 0. The fourth-order valence-electron chi connectivity index (χ4n) is 2.75. The second kappa shape index (κ2) is 4.57. The predicted molar refractivity (Wildman–Crippen MR) is 67.0 cm³/mol. The maximum Gasteiger partial charge on any atom is 0.164 e. The van der Waals surface area contributed by atoms with Crippen LogP contribution in [0.25, 0.3) is 0 Å². The third kappa shape index (κ3) is 2.00. The van der Waals surface area contributed by atoms with Gasteiger partial charge in [-0.15, -0.1) is 0 Å². The lowest BCUT2D eigenvalue weighted by atomic mass is 9.93. The van der Waals surface area contributed by atoms with Crippen LogP contribution in [0.2, 0.25) is 0 Å². The number of fused-ring (bicyclic) bond motifs is 1. The minimum Gasteiger partial charge on any atom is -0.490 e. The summed E-state index contributed by atoms with van der Waals surface area (Å²) in [6.45, 7) is 5.89. The van der Waals surface area contributed by atoms with Crippen molar-refractivity contribution in [2.24, 2.45) is 0 Å². The first-order chi connectivity index (χ1) is 8.36. The molecular weight excluding hydrogens is 214 g/mol. The number of ether oxygens (including phenoxy) is 2. The lowest BCUT2D eigenvalue weighted by molar-refractivity contribution is 0.296. The molecule has 0 amide bonds. The van der Waals surface area contributed by atoms with E-state index < -0.39 is 0 Å². The van der Waals surface area contributed by atoms with Crippen molar-refractivity contribution in [2.75, 3.05) is 26.3 Å². The highest BCUT2D eigenvalue weighted by Crippen LogP contribution is 2.38. The molecule has 3 rings (SSSR count). The predicted octanol–water partition coefficient (Wildman–Crippen LogP) is 2.23. The molecule has 1 aromatic rings. The minimum absolute atomic E-state index is 0.632. The van der Waals surface area contributed by atoms with Gasteiger partial charge in [-0.25, -0.2) is 0 Å². The Hall–Kier alpha value is -1.22. The van der Waals surface area contributed by atoms with Crippen LogP contribution in [0.5, 0.6) is 11.5 Å². The summed E-state index contributed by atoms with van der Waals surface area (Å²) in [5.74, 6) is 2.51. The highest BCUT2D eigenvalue weighted by Gasteiger charge is 2.22. The lowest BCUT2D eigenvalue weighted by Gasteiger charge is -2.17. The van der Waals surface area contributed by atoms with Crippen molar-refractivity contribution < 1.29 is 9.47 Å². The van der Waals surface area contributed by atoms with Crippen LogP contribution in [-0.2, 0) is 0 Å². The third-order valence-corrected chi connectivity index (χ3v) is 3.70. The summed E-state index contributed by atoms with van der Waals surface area (Å²) in [5.41, 5.74) is 2.68. The van der Waals surface area contributed by atoms with Crippen molar-refractivity contribution >= 4 is 0 Å². The number of hydrogen-bond donors (Lipinski definition) is 1. The Morgan fingerprint density at radius 2 is 2.12 bits per heavy atom. The Labute approximate surface area is 102 Å². The van der Waals surface area contributed by atoms with E-state index in [0.29, 0.717) is 5.92 Å². The molecule has 1 aromatic carbocycles. The van der Waals surface area contributed by atoms with E-state index in [-0.39, 0.29) is 0 Å². The zero-order valence-corrected chi connectivity index (χ0v) is 10.3. The van der Waals surface area contributed by atoms with Crippen molar-refractivity contribution in [2.45, 2.75) is 25.7 Å². The molecule has 2 aliphatic rings. The van der Waals surface area contributed by atoms with Crippen molar-refractivity contribution in [3.63, 3.8) is 0 Å². The van der Waals surface area contributed by atoms with E-state index in [9.17, 15) is 0 Å². The first-order valence-electron chi connectivity index (χ1n) is 6.46. The van der Waals surface area contributed by atoms with Crippen molar-refractivity contribution in [1.82, 2.24) is 5.32 Å². The molecule has 1 saturated heterocycles. The minimum atomic E-state index is 0.632. The van der Waals surface area contributed by atoms with Gasteiger partial charge < -0.3 is 14.8 Å². The number of hydrogen-bond acceptors (Lipinski definition) is 3. The quantitative estimate of drug-likeness (QED) is 0.807. The smallest absolute Gasteiger partial charge is 0.164 e. The Bertz CT molecular complexity index is 411. The third-order valence-electron chi connectivity index (χ3n) is 3.70. The van der Waals surface area contributed by atoms with E-state index >= 15 is 0 Å². The molecule has 1 unspecified atom stereocenters. The van der Waals surface area contributed by atoms with Crippen molar-refractivity contribution in [3.05, 3.63) is 23.3 Å². The topological polar surface area (TPSA) is 30.5 Å². The van der Waals surface area contributed by atoms with Gasteiger partial charge in [0.2, 0.25) is 0 Å². The maximum atomic E-state index is 5.83. The summed E-state index contributed by atoms with van der Waals surface area (Å²) in [4.78, 5) is 0. The van der Waals surface area contributed by atoms with Crippen LogP contribution in [0, 0.1) is 6.92 Å². The zero-order valence-electron chi connectivity index (χ0n) is 10.3. The molecule has 1 fully saturated rings. The average Bonchev–Trinajstić information content (AvgIpc) is 2.74. The summed E-state index contributed by atoms with van der Waals surface area (Å²) in [6, 6.07) is 4.28. The molecule has 2 aliphatic heterocycles. The Balaban J connectivity index is 1.98. The van der Waals surface area contributed by atoms with Crippen LogP contribution >= 0.6 is 0 Å². The largest absolute Gasteiger partial charge is 0.490 e. The van der Waals surface area contributed by atoms with Crippen molar-refractivity contribution in [1.29, 1.82) is 0 Å². The highest BCUT2D eigenvalue weighted by molar-refractivity contribution is 5.51. The van der Waals surface area contributed by atoms with E-state index in [1.165, 1.54) is 17.5 Å². The Morgan fingerprint density at radius 1 is 1.24 bits per heavy atom. The van der Waals surface area contributed by atoms with Gasteiger partial charge in [-0.2, -0.15) is 0 Å². The van der Waals surface area contributed by atoms with Crippen LogP contribution in [0.3, 0.4) is 0 Å². The first kappa shape index (κ1) is 10.9. The van der Waals surface area contributed by atoms with Crippen LogP contribution in [0.4, 0.5) is 0 Å². The Morgan fingerprint density at radius 3 is 2.94 bits per heavy atom. The van der Waals surface area contributed by atoms with Gasteiger partial charge >= 0.3 is 0 Å². The van der Waals surface area contributed by atoms with E-state index in [4.69, 9.17) is 9.47 Å². The van der Waals surface area contributed by atoms with Gasteiger partial charge in [-0.05, 0) is 43.0 Å². The lowest BCUT2D eigenvalue weighted by Crippen LogP contribution is -2.09. The monoisotopic (exact) mass is 233 g/mol. The highest BCUT2D eigenvalue weighted by atomic mass is 16.5. The molecule has 2 heterocycles. The molecule has 0 bridgehead atoms. The molecule has 1 N–H and O–H groups in total. The fourth-order valence-corrected chi connectivity index (χ4v) is 2.75. The molecule has 0 spiro atoms. The van der Waals surface area contributed by atoms with Gasteiger partial charge in [-0.1, -0.05) is 6.07 Å². The summed E-state index contributed by atoms with van der Waals surface area (Å²) in [5, 5.41) is 3.42. The van der Waals surface area contributed by atoms with Crippen LogP contribution in [-0.4, -0.2) is 26.3 Å². The standard InChI is InChI=1S/C14H19NO2/c1-10-12(11-5-6-15-9-11)3-4-13-14(10)17-8-2-7-16-13/h3-4,11,15H,2,5-9H2,1H3. The average molecular weight is 233 g/mol. The molecule has 0 aromatic heterocycles. The molecular formula is C14H19NO2. The van der Waals surface area contributed by atoms with Gasteiger partial charge in [0.25, 0.3) is 0 Å². The molecule has 1 atom stereocenters.